The van der Waals surface area contributed by atoms with Crippen LogP contribution in [0, 0.1) is 5.92 Å². The Bertz CT molecular complexity index is 870. The van der Waals surface area contributed by atoms with E-state index in [1.807, 2.05) is 0 Å². The molecule has 1 atom stereocenters. The van der Waals surface area contributed by atoms with Crippen molar-refractivity contribution in [2.24, 2.45) is 5.92 Å². The second kappa shape index (κ2) is 7.60. The average Bonchev–Trinajstić information content (AvgIpc) is 3.02. The Kier molecular flexibility index (Phi) is 5.41. The Balaban J connectivity index is 1.67. The van der Waals surface area contributed by atoms with Crippen molar-refractivity contribution in [2.45, 2.75) is 19.1 Å². The number of carbonyl (C=O) groups is 2. The smallest absolute Gasteiger partial charge is 0.352 e. The lowest BCUT2D eigenvalue weighted by molar-refractivity contribution is -0.137. The van der Waals surface area contributed by atoms with Gasteiger partial charge in [0.25, 0.3) is 0 Å². The number of nitrogens with one attached hydrogen (secondary N) is 1. The third-order valence-corrected chi connectivity index (χ3v) is 4.76. The molecule has 1 N–H and O–H groups in total. The summed E-state index contributed by atoms with van der Waals surface area (Å²) in [7, 11) is 0. The highest BCUT2D eigenvalue weighted by Gasteiger charge is 2.36. The molecule has 0 spiro atoms. The van der Waals surface area contributed by atoms with E-state index >= 15 is 0 Å². The van der Waals surface area contributed by atoms with Gasteiger partial charge in [-0.15, -0.1) is 0 Å². The van der Waals surface area contributed by atoms with E-state index < -0.39 is 17.7 Å². The lowest BCUT2D eigenvalue weighted by Crippen LogP contribution is -2.32. The number of hydrogen-bond donors (Lipinski definition) is 1. The molecule has 2 amide bonds. The van der Waals surface area contributed by atoms with Crippen molar-refractivity contribution in [3.63, 3.8) is 0 Å². The summed E-state index contributed by atoms with van der Waals surface area (Å²) in [6, 6.07) is 11.6. The topological polar surface area (TPSA) is 49.4 Å². The lowest BCUT2D eigenvalue weighted by Gasteiger charge is -2.18. The Labute approximate surface area is 158 Å². The van der Waals surface area contributed by atoms with Crippen LogP contribution in [0.25, 0.3) is 0 Å². The first-order valence-electron chi connectivity index (χ1n) is 8.24. The van der Waals surface area contributed by atoms with Crippen molar-refractivity contribution < 1.29 is 22.8 Å². The second-order valence-electron chi connectivity index (χ2n) is 6.26. The van der Waals surface area contributed by atoms with Gasteiger partial charge in [-0.25, -0.2) is 0 Å². The van der Waals surface area contributed by atoms with E-state index in [-0.39, 0.29) is 37.0 Å². The highest BCUT2D eigenvalue weighted by Crippen LogP contribution is 2.33. The first-order valence-corrected chi connectivity index (χ1v) is 8.62. The molecular formula is C19H16ClF3N2O2. The van der Waals surface area contributed by atoms with Crippen molar-refractivity contribution in [1.29, 1.82) is 0 Å². The van der Waals surface area contributed by atoms with Gasteiger partial charge in [0.1, 0.15) is 0 Å². The maximum absolute atomic E-state index is 12.9. The minimum Gasteiger partial charge on any atom is -0.352 e. The number of hydrogen-bond acceptors (Lipinski definition) is 2. The van der Waals surface area contributed by atoms with E-state index in [1.165, 1.54) is 17.0 Å². The molecule has 1 aliphatic heterocycles. The number of halogens is 4. The molecule has 0 bridgehead atoms. The maximum Gasteiger partial charge on any atom is 0.416 e. The Morgan fingerprint density at radius 3 is 2.63 bits per heavy atom. The van der Waals surface area contributed by atoms with Crippen LogP contribution in [-0.2, 0) is 22.3 Å². The van der Waals surface area contributed by atoms with Gasteiger partial charge in [-0.3, -0.25) is 9.59 Å². The van der Waals surface area contributed by atoms with Gasteiger partial charge in [-0.05, 0) is 29.8 Å². The van der Waals surface area contributed by atoms with Gasteiger partial charge < -0.3 is 10.2 Å². The summed E-state index contributed by atoms with van der Waals surface area (Å²) in [6.45, 7) is 0.251. The number of rotatable bonds is 4. The van der Waals surface area contributed by atoms with Gasteiger partial charge in [0.15, 0.2) is 0 Å². The number of amides is 2. The van der Waals surface area contributed by atoms with E-state index in [0.717, 1.165) is 17.7 Å². The maximum atomic E-state index is 12.9. The van der Waals surface area contributed by atoms with Crippen LogP contribution in [-0.4, -0.2) is 18.4 Å². The summed E-state index contributed by atoms with van der Waals surface area (Å²) < 4.78 is 38.6. The Hall–Kier alpha value is -2.54. The fraction of sp³-hybridized carbons (Fsp3) is 0.263. The molecule has 0 saturated carbocycles. The molecule has 3 rings (SSSR count). The van der Waals surface area contributed by atoms with Crippen molar-refractivity contribution >= 4 is 29.1 Å². The van der Waals surface area contributed by atoms with Gasteiger partial charge >= 0.3 is 6.18 Å². The van der Waals surface area contributed by atoms with E-state index in [9.17, 15) is 22.8 Å². The Morgan fingerprint density at radius 2 is 1.93 bits per heavy atom. The number of nitrogens with zero attached hydrogens (tertiary/aromatic N) is 1. The average molecular weight is 397 g/mol. The van der Waals surface area contributed by atoms with E-state index in [2.05, 4.69) is 5.32 Å². The number of carbonyl (C=O) groups excluding carboxylic acids is 2. The van der Waals surface area contributed by atoms with Crippen molar-refractivity contribution in [2.75, 3.05) is 11.4 Å². The third-order valence-electron chi connectivity index (χ3n) is 4.39. The van der Waals surface area contributed by atoms with Crippen molar-refractivity contribution in [3.05, 3.63) is 64.7 Å². The minimum absolute atomic E-state index is 0.0362. The molecule has 1 aliphatic rings. The summed E-state index contributed by atoms with van der Waals surface area (Å²) >= 11 is 6.04. The zero-order valence-electron chi connectivity index (χ0n) is 14.1. The molecule has 27 heavy (non-hydrogen) atoms. The second-order valence-corrected chi connectivity index (χ2v) is 6.67. The number of benzene rings is 2. The van der Waals surface area contributed by atoms with Gasteiger partial charge in [0, 0.05) is 30.2 Å². The molecule has 2 aromatic carbocycles. The van der Waals surface area contributed by atoms with Crippen LogP contribution in [0.5, 0.6) is 0 Å². The predicted octanol–water partition coefficient (Wildman–Crippen LogP) is 4.03. The molecule has 0 aromatic heterocycles. The molecule has 8 heteroatoms. The molecule has 0 radical (unpaired) electrons. The standard InChI is InChI=1S/C19H16ClF3N2O2/c20-16-7-2-1-4-12(16)10-24-18(27)13-8-17(26)25(11-13)15-6-3-5-14(9-15)19(21,22)23/h1-7,9,13H,8,10-11H2,(H,24,27). The predicted molar refractivity (Wildman–Crippen MR) is 95.2 cm³/mol. The molecular weight excluding hydrogens is 381 g/mol. The van der Waals surface area contributed by atoms with Crippen LogP contribution in [0.15, 0.2) is 48.5 Å². The van der Waals surface area contributed by atoms with Gasteiger partial charge in [0.05, 0.1) is 11.5 Å². The van der Waals surface area contributed by atoms with E-state index in [4.69, 9.17) is 11.6 Å². The number of alkyl halides is 3. The zero-order chi connectivity index (χ0) is 19.6. The third kappa shape index (κ3) is 4.42. The van der Waals surface area contributed by atoms with Crippen molar-refractivity contribution in [3.8, 4) is 0 Å². The van der Waals surface area contributed by atoms with E-state index in [1.54, 1.807) is 24.3 Å². The first kappa shape index (κ1) is 19.2. The molecule has 1 heterocycles. The summed E-state index contributed by atoms with van der Waals surface area (Å²) in [5.74, 6) is -1.35. The van der Waals surface area contributed by atoms with Gasteiger partial charge in [0.2, 0.25) is 11.8 Å². The quantitative estimate of drug-likeness (QED) is 0.848. The van der Waals surface area contributed by atoms with Crippen LogP contribution < -0.4 is 10.2 Å². The lowest BCUT2D eigenvalue weighted by atomic mass is 10.1. The highest BCUT2D eigenvalue weighted by molar-refractivity contribution is 6.31. The fourth-order valence-corrected chi connectivity index (χ4v) is 3.15. The van der Waals surface area contributed by atoms with Gasteiger partial charge in [-0.1, -0.05) is 35.9 Å². The SMILES string of the molecule is O=C(NCc1ccccc1Cl)C1CC(=O)N(c2cccc(C(F)(F)F)c2)C1. The van der Waals surface area contributed by atoms with Crippen LogP contribution in [0.4, 0.5) is 18.9 Å². The molecule has 2 aromatic rings. The summed E-state index contributed by atoms with van der Waals surface area (Å²) in [5, 5.41) is 3.25. The van der Waals surface area contributed by atoms with Crippen LogP contribution in [0.3, 0.4) is 0 Å². The normalized spacial score (nSPS) is 17.3. The fourth-order valence-electron chi connectivity index (χ4n) is 2.95. The summed E-state index contributed by atoms with van der Waals surface area (Å²) in [5.41, 5.74) is 0.0437. The largest absolute Gasteiger partial charge is 0.416 e. The van der Waals surface area contributed by atoms with Crippen molar-refractivity contribution in [1.82, 2.24) is 5.32 Å². The number of anilines is 1. The molecule has 1 unspecified atom stereocenters. The van der Waals surface area contributed by atoms with Gasteiger partial charge in [-0.2, -0.15) is 13.2 Å². The first-order chi connectivity index (χ1) is 12.8. The molecule has 4 nitrogen and oxygen atoms in total. The van der Waals surface area contributed by atoms with Crippen LogP contribution in [0.1, 0.15) is 17.5 Å². The summed E-state index contributed by atoms with van der Waals surface area (Å²) in [4.78, 5) is 25.8. The Morgan fingerprint density at radius 1 is 1.19 bits per heavy atom. The van der Waals surface area contributed by atoms with Crippen LogP contribution in [0.2, 0.25) is 5.02 Å². The monoisotopic (exact) mass is 396 g/mol. The highest BCUT2D eigenvalue weighted by atomic mass is 35.5. The zero-order valence-corrected chi connectivity index (χ0v) is 14.8. The van der Waals surface area contributed by atoms with Crippen LogP contribution >= 0.6 is 11.6 Å². The minimum atomic E-state index is -4.50. The molecule has 1 fully saturated rings. The summed E-state index contributed by atoms with van der Waals surface area (Å²) in [6.07, 6.45) is -4.55. The van der Waals surface area contributed by atoms with E-state index in [0.29, 0.717) is 5.02 Å². The molecule has 0 aliphatic carbocycles. The molecule has 142 valence electrons. The molecule has 1 saturated heterocycles.